The predicted molar refractivity (Wildman–Crippen MR) is 123 cm³/mol. The normalized spacial score (nSPS) is 22.8. The zero-order valence-corrected chi connectivity index (χ0v) is 18.9. The van der Waals surface area contributed by atoms with Crippen LogP contribution in [0.25, 0.3) is 11.1 Å². The summed E-state index contributed by atoms with van der Waals surface area (Å²) in [6.45, 7) is 14.9. The quantitative estimate of drug-likeness (QED) is 0.745. The standard InChI is InChI=1S/C26H36N2O/c1-18-17-28(14-13-27-18)20-8-10-24(29-6)21(16-20)19-7-9-22-23(15-19)26(4,5)12-11-25(22,2)3/h7-10,15-16,18,27H,11-14,17H2,1-6H3. The highest BCUT2D eigenvalue weighted by molar-refractivity contribution is 5.76. The number of anilines is 1. The van der Waals surface area contributed by atoms with E-state index < -0.39 is 0 Å². The Morgan fingerprint density at radius 1 is 0.966 bits per heavy atom. The molecule has 0 bridgehead atoms. The monoisotopic (exact) mass is 392 g/mol. The van der Waals surface area contributed by atoms with Crippen LogP contribution in [0.2, 0.25) is 0 Å². The largest absolute Gasteiger partial charge is 0.496 e. The summed E-state index contributed by atoms with van der Waals surface area (Å²) in [6, 6.07) is 14.3. The molecule has 2 aromatic carbocycles. The zero-order valence-electron chi connectivity index (χ0n) is 18.9. The molecule has 3 nitrogen and oxygen atoms in total. The lowest BCUT2D eigenvalue weighted by atomic mass is 9.63. The van der Waals surface area contributed by atoms with Crippen molar-refractivity contribution >= 4 is 5.69 Å². The maximum absolute atomic E-state index is 5.77. The van der Waals surface area contributed by atoms with Crippen LogP contribution in [0.3, 0.4) is 0 Å². The third-order valence-corrected chi connectivity index (χ3v) is 7.08. The molecule has 156 valence electrons. The number of nitrogens with zero attached hydrogens (tertiary/aromatic N) is 1. The first-order valence-electron chi connectivity index (χ1n) is 11.0. The smallest absolute Gasteiger partial charge is 0.126 e. The third kappa shape index (κ3) is 3.77. The summed E-state index contributed by atoms with van der Waals surface area (Å²) in [5.41, 5.74) is 7.19. The maximum Gasteiger partial charge on any atom is 0.126 e. The summed E-state index contributed by atoms with van der Waals surface area (Å²) in [5.74, 6) is 0.949. The highest BCUT2D eigenvalue weighted by Crippen LogP contribution is 2.47. The molecule has 3 heteroatoms. The summed E-state index contributed by atoms with van der Waals surface area (Å²) in [5, 5.41) is 3.54. The number of methoxy groups -OCH3 is 1. The van der Waals surface area contributed by atoms with Crippen molar-refractivity contribution in [2.24, 2.45) is 0 Å². The van der Waals surface area contributed by atoms with Crippen LogP contribution < -0.4 is 15.0 Å². The van der Waals surface area contributed by atoms with E-state index in [0.29, 0.717) is 6.04 Å². The van der Waals surface area contributed by atoms with E-state index >= 15 is 0 Å². The number of piperazine rings is 1. The number of hydrogen-bond donors (Lipinski definition) is 1. The van der Waals surface area contributed by atoms with Crippen LogP contribution in [0.5, 0.6) is 5.75 Å². The molecule has 0 aromatic heterocycles. The molecule has 0 saturated carbocycles. The van der Waals surface area contributed by atoms with Crippen LogP contribution >= 0.6 is 0 Å². The van der Waals surface area contributed by atoms with Crippen LogP contribution in [0.1, 0.15) is 58.6 Å². The molecule has 1 saturated heterocycles. The molecule has 1 N–H and O–H groups in total. The highest BCUT2D eigenvalue weighted by atomic mass is 16.5. The van der Waals surface area contributed by atoms with Gasteiger partial charge in [-0.1, -0.05) is 45.9 Å². The second kappa shape index (κ2) is 7.36. The fourth-order valence-corrected chi connectivity index (χ4v) is 5.04. The Kier molecular flexibility index (Phi) is 5.14. The second-order valence-corrected chi connectivity index (χ2v) is 10.2. The first-order chi connectivity index (χ1) is 13.7. The van der Waals surface area contributed by atoms with Gasteiger partial charge in [0.05, 0.1) is 7.11 Å². The maximum atomic E-state index is 5.77. The minimum Gasteiger partial charge on any atom is -0.496 e. The Morgan fingerprint density at radius 2 is 1.69 bits per heavy atom. The summed E-state index contributed by atoms with van der Waals surface area (Å²) >= 11 is 0. The van der Waals surface area contributed by atoms with Crippen LogP contribution in [0.15, 0.2) is 36.4 Å². The summed E-state index contributed by atoms with van der Waals surface area (Å²) < 4.78 is 5.77. The molecule has 1 aliphatic carbocycles. The van der Waals surface area contributed by atoms with Crippen molar-refractivity contribution in [1.82, 2.24) is 5.32 Å². The van der Waals surface area contributed by atoms with Gasteiger partial charge in [0.15, 0.2) is 0 Å². The van der Waals surface area contributed by atoms with Gasteiger partial charge in [-0.2, -0.15) is 0 Å². The molecule has 29 heavy (non-hydrogen) atoms. The van der Waals surface area contributed by atoms with Gasteiger partial charge in [0, 0.05) is 36.9 Å². The summed E-state index contributed by atoms with van der Waals surface area (Å²) in [6.07, 6.45) is 2.47. The van der Waals surface area contributed by atoms with E-state index in [1.54, 1.807) is 7.11 Å². The van der Waals surface area contributed by atoms with Gasteiger partial charge in [-0.15, -0.1) is 0 Å². The Hall–Kier alpha value is -2.00. The van der Waals surface area contributed by atoms with Gasteiger partial charge in [0.25, 0.3) is 0 Å². The van der Waals surface area contributed by atoms with E-state index in [0.717, 1.165) is 25.4 Å². The van der Waals surface area contributed by atoms with E-state index in [4.69, 9.17) is 4.74 Å². The lowest BCUT2D eigenvalue weighted by molar-refractivity contribution is 0.332. The molecule has 1 aliphatic heterocycles. The van der Waals surface area contributed by atoms with Gasteiger partial charge < -0.3 is 15.0 Å². The van der Waals surface area contributed by atoms with Crippen molar-refractivity contribution < 1.29 is 4.74 Å². The molecule has 1 atom stereocenters. The van der Waals surface area contributed by atoms with Crippen molar-refractivity contribution in [3.63, 3.8) is 0 Å². The van der Waals surface area contributed by atoms with Gasteiger partial charge in [-0.3, -0.25) is 0 Å². The first-order valence-corrected chi connectivity index (χ1v) is 11.0. The number of hydrogen-bond acceptors (Lipinski definition) is 3. The topological polar surface area (TPSA) is 24.5 Å². The molecule has 1 fully saturated rings. The zero-order chi connectivity index (χ0) is 20.8. The average molecular weight is 393 g/mol. The van der Waals surface area contributed by atoms with Gasteiger partial charge in [-0.25, -0.2) is 0 Å². The van der Waals surface area contributed by atoms with Crippen molar-refractivity contribution in [2.45, 2.75) is 64.3 Å². The predicted octanol–water partition coefficient (Wildman–Crippen LogP) is 5.51. The Balaban J connectivity index is 1.79. The van der Waals surface area contributed by atoms with E-state index in [-0.39, 0.29) is 10.8 Å². The highest BCUT2D eigenvalue weighted by Gasteiger charge is 2.37. The lowest BCUT2D eigenvalue weighted by Gasteiger charge is -2.42. The van der Waals surface area contributed by atoms with Gasteiger partial charge in [0.2, 0.25) is 0 Å². The van der Waals surface area contributed by atoms with Crippen LogP contribution in [-0.2, 0) is 10.8 Å². The number of fused-ring (bicyclic) bond motifs is 1. The van der Waals surface area contributed by atoms with Gasteiger partial charge in [-0.05, 0) is 65.5 Å². The first kappa shape index (κ1) is 20.3. The molecule has 2 aromatic rings. The third-order valence-electron chi connectivity index (χ3n) is 7.08. The summed E-state index contributed by atoms with van der Waals surface area (Å²) in [7, 11) is 1.77. The Morgan fingerprint density at radius 3 is 2.38 bits per heavy atom. The number of nitrogens with one attached hydrogen (secondary N) is 1. The second-order valence-electron chi connectivity index (χ2n) is 10.2. The minimum absolute atomic E-state index is 0.208. The lowest BCUT2D eigenvalue weighted by Crippen LogP contribution is -2.49. The van der Waals surface area contributed by atoms with Crippen LogP contribution in [0.4, 0.5) is 5.69 Å². The molecular formula is C26H36N2O. The molecule has 0 radical (unpaired) electrons. The Labute approximate surface area is 176 Å². The minimum atomic E-state index is 0.208. The Bertz CT molecular complexity index is 900. The number of ether oxygens (including phenoxy) is 1. The molecule has 0 spiro atoms. The fraction of sp³-hybridized carbons (Fsp3) is 0.538. The molecule has 1 heterocycles. The van der Waals surface area contributed by atoms with Gasteiger partial charge in [0.1, 0.15) is 5.75 Å². The molecule has 4 rings (SSSR count). The van der Waals surface area contributed by atoms with E-state index in [2.05, 4.69) is 81.2 Å². The SMILES string of the molecule is COc1ccc(N2CCNC(C)C2)cc1-c1ccc2c(c1)C(C)(C)CCC2(C)C. The molecule has 1 unspecified atom stereocenters. The van der Waals surface area contributed by atoms with Crippen molar-refractivity contribution in [3.05, 3.63) is 47.5 Å². The fourth-order valence-electron chi connectivity index (χ4n) is 5.04. The van der Waals surface area contributed by atoms with E-state index in [1.807, 2.05) is 0 Å². The van der Waals surface area contributed by atoms with Crippen LogP contribution in [-0.4, -0.2) is 32.8 Å². The van der Waals surface area contributed by atoms with Crippen molar-refractivity contribution in [1.29, 1.82) is 0 Å². The van der Waals surface area contributed by atoms with Crippen molar-refractivity contribution in [3.8, 4) is 16.9 Å². The van der Waals surface area contributed by atoms with E-state index in [1.165, 1.54) is 40.8 Å². The number of benzene rings is 2. The average Bonchev–Trinajstić information content (AvgIpc) is 2.71. The molecule has 2 aliphatic rings. The van der Waals surface area contributed by atoms with Crippen LogP contribution in [0, 0.1) is 0 Å². The van der Waals surface area contributed by atoms with Gasteiger partial charge >= 0.3 is 0 Å². The number of rotatable bonds is 3. The molecule has 0 amide bonds. The van der Waals surface area contributed by atoms with E-state index in [9.17, 15) is 0 Å². The summed E-state index contributed by atoms with van der Waals surface area (Å²) in [4.78, 5) is 2.48. The molecular weight excluding hydrogens is 356 g/mol. The van der Waals surface area contributed by atoms with Crippen molar-refractivity contribution in [2.75, 3.05) is 31.6 Å².